The molecule has 27 heavy (non-hydrogen) atoms. The van der Waals surface area contributed by atoms with Gasteiger partial charge in [-0.3, -0.25) is 14.7 Å². The third kappa shape index (κ3) is 5.96. The molecule has 1 aliphatic carbocycles. The number of nitrogens with one attached hydrogen (secondary N) is 3. The first kappa shape index (κ1) is 19.7. The molecule has 1 aliphatic heterocycles. The molecule has 1 atom stereocenters. The van der Waals surface area contributed by atoms with Crippen molar-refractivity contribution in [1.29, 1.82) is 0 Å². The van der Waals surface area contributed by atoms with E-state index in [1.165, 1.54) is 38.6 Å². The summed E-state index contributed by atoms with van der Waals surface area (Å²) in [4.78, 5) is 19.0. The molecule has 1 aromatic rings. The summed E-state index contributed by atoms with van der Waals surface area (Å²) in [5.74, 6) is 0.846. The van der Waals surface area contributed by atoms with E-state index in [1.54, 1.807) is 0 Å². The lowest BCUT2D eigenvalue weighted by Gasteiger charge is -2.24. The van der Waals surface area contributed by atoms with E-state index in [4.69, 9.17) is 0 Å². The molecule has 1 aromatic carbocycles. The summed E-state index contributed by atoms with van der Waals surface area (Å²) in [6.45, 7) is 3.76. The van der Waals surface area contributed by atoms with Gasteiger partial charge in [0.2, 0.25) is 0 Å². The third-order valence-corrected chi connectivity index (χ3v) is 5.59. The van der Waals surface area contributed by atoms with Gasteiger partial charge in [0.15, 0.2) is 5.96 Å². The zero-order valence-electron chi connectivity index (χ0n) is 16.4. The molecular weight excluding hydrogens is 338 g/mol. The molecule has 1 saturated carbocycles. The van der Waals surface area contributed by atoms with Gasteiger partial charge in [0.25, 0.3) is 5.91 Å². The van der Waals surface area contributed by atoms with E-state index >= 15 is 0 Å². The average molecular weight is 372 g/mol. The first-order valence-electron chi connectivity index (χ1n) is 10.3. The van der Waals surface area contributed by atoms with E-state index in [0.717, 1.165) is 31.5 Å². The van der Waals surface area contributed by atoms with Crippen molar-refractivity contribution in [3.05, 3.63) is 35.9 Å². The Morgan fingerprint density at radius 3 is 2.59 bits per heavy atom. The van der Waals surface area contributed by atoms with Crippen LogP contribution >= 0.6 is 0 Å². The molecule has 0 aromatic heterocycles. The number of amides is 1. The molecule has 148 valence electrons. The van der Waals surface area contributed by atoms with Crippen molar-refractivity contribution < 1.29 is 4.79 Å². The fourth-order valence-corrected chi connectivity index (χ4v) is 4.08. The lowest BCUT2D eigenvalue weighted by Crippen LogP contribution is -2.45. The standard InChI is InChI=1S/C21H33N5O/c1-22-21(25-18-12-15-26(16-18)19-10-5-6-11-19)24-14-7-13-23-20(27)17-8-3-2-4-9-17/h2-4,8-9,18-19H,5-7,10-16H2,1H3,(H,23,27)(H2,22,24,25). The normalized spacial score (nSPS) is 21.4. The molecule has 1 unspecified atom stereocenters. The summed E-state index contributed by atoms with van der Waals surface area (Å²) in [6, 6.07) is 10.6. The molecule has 0 spiro atoms. The molecule has 0 radical (unpaired) electrons. The van der Waals surface area contributed by atoms with Crippen LogP contribution in [0.5, 0.6) is 0 Å². The second-order valence-corrected chi connectivity index (χ2v) is 7.54. The summed E-state index contributed by atoms with van der Waals surface area (Å²) in [6.07, 6.45) is 7.57. The van der Waals surface area contributed by atoms with Crippen molar-refractivity contribution in [2.45, 2.75) is 50.6 Å². The first-order valence-corrected chi connectivity index (χ1v) is 10.3. The predicted octanol–water partition coefficient (Wildman–Crippen LogP) is 1.99. The lowest BCUT2D eigenvalue weighted by molar-refractivity contribution is 0.0953. The van der Waals surface area contributed by atoms with Crippen LogP contribution in [-0.4, -0.2) is 62.1 Å². The fraction of sp³-hybridized carbons (Fsp3) is 0.619. The second kappa shape index (κ2) is 10.3. The maximum Gasteiger partial charge on any atom is 0.251 e. The van der Waals surface area contributed by atoms with Crippen LogP contribution in [0, 0.1) is 0 Å². The highest BCUT2D eigenvalue weighted by Crippen LogP contribution is 2.26. The molecule has 3 N–H and O–H groups in total. The van der Waals surface area contributed by atoms with Crippen LogP contribution in [0.3, 0.4) is 0 Å². The van der Waals surface area contributed by atoms with Crippen molar-refractivity contribution in [2.24, 2.45) is 4.99 Å². The highest BCUT2D eigenvalue weighted by atomic mass is 16.1. The number of aliphatic imine (C=N–C) groups is 1. The number of carbonyl (C=O) groups excluding carboxylic acids is 1. The van der Waals surface area contributed by atoms with E-state index in [-0.39, 0.29) is 5.91 Å². The van der Waals surface area contributed by atoms with Crippen LogP contribution in [0.25, 0.3) is 0 Å². The molecular formula is C21H33N5O. The number of likely N-dealkylation sites (tertiary alicyclic amines) is 1. The number of guanidine groups is 1. The molecule has 2 fully saturated rings. The van der Waals surface area contributed by atoms with Gasteiger partial charge in [0.05, 0.1) is 0 Å². The summed E-state index contributed by atoms with van der Waals surface area (Å²) in [5, 5.41) is 9.87. The number of rotatable bonds is 7. The Hall–Kier alpha value is -2.08. The van der Waals surface area contributed by atoms with Crippen molar-refractivity contribution in [2.75, 3.05) is 33.2 Å². The Kier molecular flexibility index (Phi) is 7.51. The first-order chi connectivity index (χ1) is 13.3. The van der Waals surface area contributed by atoms with E-state index in [9.17, 15) is 4.79 Å². The summed E-state index contributed by atoms with van der Waals surface area (Å²) >= 11 is 0. The van der Waals surface area contributed by atoms with E-state index < -0.39 is 0 Å². The van der Waals surface area contributed by atoms with Gasteiger partial charge in [0, 0.05) is 50.9 Å². The Morgan fingerprint density at radius 2 is 1.85 bits per heavy atom. The monoisotopic (exact) mass is 371 g/mol. The molecule has 1 saturated heterocycles. The number of carbonyl (C=O) groups is 1. The number of nitrogens with zero attached hydrogens (tertiary/aromatic N) is 2. The van der Waals surface area contributed by atoms with Crippen molar-refractivity contribution >= 4 is 11.9 Å². The molecule has 1 amide bonds. The van der Waals surface area contributed by atoms with Gasteiger partial charge >= 0.3 is 0 Å². The Labute approximate surface area is 162 Å². The van der Waals surface area contributed by atoms with Crippen molar-refractivity contribution in [3.8, 4) is 0 Å². The van der Waals surface area contributed by atoms with Crippen molar-refractivity contribution in [3.63, 3.8) is 0 Å². The Bertz CT molecular complexity index is 612. The van der Waals surface area contributed by atoms with Crippen LogP contribution in [0.1, 0.15) is 48.9 Å². The van der Waals surface area contributed by atoms with Gasteiger partial charge in [-0.05, 0) is 37.8 Å². The second-order valence-electron chi connectivity index (χ2n) is 7.54. The number of hydrogen-bond acceptors (Lipinski definition) is 3. The minimum Gasteiger partial charge on any atom is -0.356 e. The lowest BCUT2D eigenvalue weighted by atomic mass is 10.2. The molecule has 0 bridgehead atoms. The van der Waals surface area contributed by atoms with Crippen LogP contribution in [0.2, 0.25) is 0 Å². The fourth-order valence-electron chi connectivity index (χ4n) is 4.08. The zero-order valence-corrected chi connectivity index (χ0v) is 16.4. The van der Waals surface area contributed by atoms with Crippen LogP contribution in [0.15, 0.2) is 35.3 Å². The maximum atomic E-state index is 12.0. The molecule has 1 heterocycles. The van der Waals surface area contributed by atoms with Gasteiger partial charge in [-0.25, -0.2) is 0 Å². The van der Waals surface area contributed by atoms with Gasteiger partial charge < -0.3 is 16.0 Å². The number of hydrogen-bond donors (Lipinski definition) is 3. The summed E-state index contributed by atoms with van der Waals surface area (Å²) in [5.41, 5.74) is 0.705. The summed E-state index contributed by atoms with van der Waals surface area (Å²) in [7, 11) is 1.82. The average Bonchev–Trinajstić information content (AvgIpc) is 3.39. The SMILES string of the molecule is CN=C(NCCCNC(=O)c1ccccc1)NC1CCN(C2CCCC2)C1. The molecule has 3 rings (SSSR count). The molecule has 2 aliphatic rings. The topological polar surface area (TPSA) is 68.8 Å². The van der Waals surface area contributed by atoms with E-state index in [0.29, 0.717) is 18.2 Å². The minimum absolute atomic E-state index is 0.0175. The summed E-state index contributed by atoms with van der Waals surface area (Å²) < 4.78 is 0. The molecule has 6 nitrogen and oxygen atoms in total. The smallest absolute Gasteiger partial charge is 0.251 e. The van der Waals surface area contributed by atoms with Gasteiger partial charge in [0.1, 0.15) is 0 Å². The van der Waals surface area contributed by atoms with E-state index in [2.05, 4.69) is 25.8 Å². The highest BCUT2D eigenvalue weighted by Gasteiger charge is 2.30. The van der Waals surface area contributed by atoms with Crippen molar-refractivity contribution in [1.82, 2.24) is 20.9 Å². The zero-order chi connectivity index (χ0) is 18.9. The predicted molar refractivity (Wildman–Crippen MR) is 110 cm³/mol. The van der Waals surface area contributed by atoms with Crippen LogP contribution < -0.4 is 16.0 Å². The Morgan fingerprint density at radius 1 is 1.11 bits per heavy atom. The Balaban J connectivity index is 1.30. The van der Waals surface area contributed by atoms with Gasteiger partial charge in [-0.1, -0.05) is 31.0 Å². The van der Waals surface area contributed by atoms with Gasteiger partial charge in [-0.2, -0.15) is 0 Å². The van der Waals surface area contributed by atoms with Crippen LogP contribution in [-0.2, 0) is 0 Å². The largest absolute Gasteiger partial charge is 0.356 e. The van der Waals surface area contributed by atoms with E-state index in [1.807, 2.05) is 37.4 Å². The molecule has 6 heteroatoms. The van der Waals surface area contributed by atoms with Gasteiger partial charge in [-0.15, -0.1) is 0 Å². The highest BCUT2D eigenvalue weighted by molar-refractivity contribution is 5.94. The number of benzene rings is 1. The third-order valence-electron chi connectivity index (χ3n) is 5.59. The van der Waals surface area contributed by atoms with Crippen LogP contribution in [0.4, 0.5) is 0 Å². The quantitative estimate of drug-likeness (QED) is 0.390. The maximum absolute atomic E-state index is 12.0. The minimum atomic E-state index is -0.0175.